The average molecular weight is 421 g/mol. The minimum Gasteiger partial charge on any atom is -0.272 e. The van der Waals surface area contributed by atoms with Crippen molar-refractivity contribution in [2.24, 2.45) is 5.92 Å². The van der Waals surface area contributed by atoms with Gasteiger partial charge in [-0.2, -0.15) is 5.10 Å². The molecule has 2 rings (SSSR count). The van der Waals surface area contributed by atoms with E-state index < -0.39 is 5.91 Å². The highest BCUT2D eigenvalue weighted by Crippen LogP contribution is 2.22. The standard InChI is InChI=1S/C20H25ClN4O2S/c1-13(2)11-25-20(21)17(15(4)24-25)9-10-18(26)22-23-19(27)12-28-16-7-5-14(3)6-8-16/h5-10,13H,11-12H2,1-4H3,(H,22,26)(H,23,27)/b10-9+. The van der Waals surface area contributed by atoms with Crippen LogP contribution in [0.5, 0.6) is 0 Å². The van der Waals surface area contributed by atoms with Gasteiger partial charge in [0, 0.05) is 23.1 Å². The van der Waals surface area contributed by atoms with Gasteiger partial charge in [-0.1, -0.05) is 43.1 Å². The molecule has 2 N–H and O–H groups in total. The number of hydrogen-bond acceptors (Lipinski definition) is 4. The second-order valence-corrected chi connectivity index (χ2v) is 8.25. The maximum Gasteiger partial charge on any atom is 0.262 e. The van der Waals surface area contributed by atoms with Crippen LogP contribution in [0.1, 0.15) is 30.7 Å². The molecule has 1 heterocycles. The zero-order chi connectivity index (χ0) is 20.7. The van der Waals surface area contributed by atoms with E-state index in [1.807, 2.05) is 38.1 Å². The van der Waals surface area contributed by atoms with Crippen LogP contribution in [0.4, 0.5) is 0 Å². The zero-order valence-corrected chi connectivity index (χ0v) is 18.0. The van der Waals surface area contributed by atoms with Crippen LogP contribution in [0, 0.1) is 19.8 Å². The number of aryl methyl sites for hydroxylation is 2. The molecule has 0 spiro atoms. The molecule has 1 aromatic carbocycles. The molecule has 8 heteroatoms. The molecular formula is C20H25ClN4O2S. The molecule has 0 fully saturated rings. The van der Waals surface area contributed by atoms with E-state index in [1.165, 1.54) is 17.8 Å². The van der Waals surface area contributed by atoms with Gasteiger partial charge >= 0.3 is 0 Å². The van der Waals surface area contributed by atoms with Crippen LogP contribution in [0.15, 0.2) is 35.2 Å². The van der Waals surface area contributed by atoms with Crippen LogP contribution >= 0.6 is 23.4 Å². The monoisotopic (exact) mass is 420 g/mol. The second-order valence-electron chi connectivity index (χ2n) is 6.84. The Labute approximate surface area is 174 Å². The van der Waals surface area contributed by atoms with Gasteiger partial charge in [-0.25, -0.2) is 0 Å². The summed E-state index contributed by atoms with van der Waals surface area (Å²) < 4.78 is 1.73. The third kappa shape index (κ3) is 6.73. The van der Waals surface area contributed by atoms with Crippen LogP contribution in [0.3, 0.4) is 0 Å². The molecule has 28 heavy (non-hydrogen) atoms. The highest BCUT2D eigenvalue weighted by Gasteiger charge is 2.12. The molecule has 0 saturated carbocycles. The first kappa shape index (κ1) is 22.0. The molecule has 2 aromatic rings. The van der Waals surface area contributed by atoms with Crippen LogP contribution in [0.2, 0.25) is 5.15 Å². The number of thioether (sulfide) groups is 1. The fourth-order valence-corrected chi connectivity index (χ4v) is 3.38. The minimum atomic E-state index is -0.444. The van der Waals surface area contributed by atoms with Gasteiger partial charge in [0.05, 0.1) is 11.4 Å². The van der Waals surface area contributed by atoms with Gasteiger partial charge in [0.15, 0.2) is 0 Å². The minimum absolute atomic E-state index is 0.208. The van der Waals surface area contributed by atoms with Crippen LogP contribution in [-0.4, -0.2) is 27.3 Å². The lowest BCUT2D eigenvalue weighted by molar-refractivity contribution is -0.125. The van der Waals surface area contributed by atoms with Gasteiger partial charge in [-0.05, 0) is 38.0 Å². The lowest BCUT2D eigenvalue weighted by Gasteiger charge is -2.06. The Kier molecular flexibility index (Phi) is 8.14. The summed E-state index contributed by atoms with van der Waals surface area (Å²) in [5.74, 6) is -0.114. The summed E-state index contributed by atoms with van der Waals surface area (Å²) in [7, 11) is 0. The Morgan fingerprint density at radius 2 is 1.89 bits per heavy atom. The summed E-state index contributed by atoms with van der Waals surface area (Å²) in [5, 5.41) is 4.88. The van der Waals surface area contributed by atoms with Crippen molar-refractivity contribution in [2.75, 3.05) is 5.75 Å². The molecule has 150 valence electrons. The Bertz CT molecular complexity index is 860. The SMILES string of the molecule is Cc1ccc(SCC(=O)NNC(=O)/C=C/c2c(C)nn(CC(C)C)c2Cl)cc1. The lowest BCUT2D eigenvalue weighted by atomic mass is 10.2. The molecule has 0 aliphatic rings. The van der Waals surface area contributed by atoms with Gasteiger partial charge in [0.1, 0.15) is 5.15 Å². The smallest absolute Gasteiger partial charge is 0.262 e. The van der Waals surface area contributed by atoms with E-state index in [9.17, 15) is 9.59 Å². The van der Waals surface area contributed by atoms with E-state index in [1.54, 1.807) is 10.8 Å². The molecule has 6 nitrogen and oxygen atoms in total. The average Bonchev–Trinajstić information content (AvgIpc) is 2.90. The van der Waals surface area contributed by atoms with E-state index in [-0.39, 0.29) is 11.7 Å². The summed E-state index contributed by atoms with van der Waals surface area (Å²) >= 11 is 7.74. The van der Waals surface area contributed by atoms with Crippen molar-refractivity contribution in [2.45, 2.75) is 39.1 Å². The van der Waals surface area contributed by atoms with E-state index >= 15 is 0 Å². The first-order valence-corrected chi connectivity index (χ1v) is 10.3. The number of nitrogens with one attached hydrogen (secondary N) is 2. The van der Waals surface area contributed by atoms with Gasteiger partial charge < -0.3 is 0 Å². The number of halogens is 1. The predicted octanol–water partition coefficient (Wildman–Crippen LogP) is 3.76. The Hall–Kier alpha value is -2.25. The number of hydrogen-bond donors (Lipinski definition) is 2. The Morgan fingerprint density at radius 1 is 1.21 bits per heavy atom. The quantitative estimate of drug-likeness (QED) is 0.406. The predicted molar refractivity (Wildman–Crippen MR) is 114 cm³/mol. The lowest BCUT2D eigenvalue weighted by Crippen LogP contribution is -2.41. The molecule has 0 unspecified atom stereocenters. The van der Waals surface area contributed by atoms with E-state index in [0.29, 0.717) is 23.2 Å². The van der Waals surface area contributed by atoms with Crippen LogP contribution < -0.4 is 10.9 Å². The number of benzene rings is 1. The van der Waals surface area contributed by atoms with Crippen molar-refractivity contribution in [1.82, 2.24) is 20.6 Å². The molecule has 0 aliphatic carbocycles. The second kappa shape index (κ2) is 10.3. The highest BCUT2D eigenvalue weighted by atomic mass is 35.5. The van der Waals surface area contributed by atoms with Gasteiger partial charge in [0.25, 0.3) is 5.91 Å². The summed E-state index contributed by atoms with van der Waals surface area (Å²) in [6.07, 6.45) is 2.92. The molecule has 1 aromatic heterocycles. The largest absolute Gasteiger partial charge is 0.272 e. The molecule has 0 radical (unpaired) electrons. The number of carbonyl (C=O) groups excluding carboxylic acids is 2. The molecule has 0 aliphatic heterocycles. The summed E-state index contributed by atoms with van der Waals surface area (Å²) in [6.45, 7) is 8.71. The third-order valence-corrected chi connectivity index (χ3v) is 5.18. The van der Waals surface area contributed by atoms with Crippen LogP contribution in [0.25, 0.3) is 6.08 Å². The first-order chi connectivity index (χ1) is 13.3. The fraction of sp³-hybridized carbons (Fsp3) is 0.350. The maximum atomic E-state index is 11.9. The van der Waals surface area contributed by atoms with E-state index in [2.05, 4.69) is 29.8 Å². The topological polar surface area (TPSA) is 76.0 Å². The van der Waals surface area contributed by atoms with Crippen molar-refractivity contribution >= 4 is 41.3 Å². The van der Waals surface area contributed by atoms with Crippen molar-refractivity contribution in [1.29, 1.82) is 0 Å². The number of hydrazine groups is 1. The zero-order valence-electron chi connectivity index (χ0n) is 16.5. The Balaban J connectivity index is 1.82. The number of rotatable bonds is 7. The third-order valence-electron chi connectivity index (χ3n) is 3.76. The van der Waals surface area contributed by atoms with Crippen molar-refractivity contribution in [3.05, 3.63) is 52.3 Å². The summed E-state index contributed by atoms with van der Waals surface area (Å²) in [4.78, 5) is 24.8. The van der Waals surface area contributed by atoms with Crippen LogP contribution in [-0.2, 0) is 16.1 Å². The molecular weight excluding hydrogens is 396 g/mol. The van der Waals surface area contributed by atoms with E-state index in [0.717, 1.165) is 16.2 Å². The van der Waals surface area contributed by atoms with Gasteiger partial charge in [-0.15, -0.1) is 11.8 Å². The number of aromatic nitrogens is 2. The Morgan fingerprint density at radius 3 is 2.54 bits per heavy atom. The maximum absolute atomic E-state index is 11.9. The number of nitrogens with zero attached hydrogens (tertiary/aromatic N) is 2. The van der Waals surface area contributed by atoms with Gasteiger partial charge in [0.2, 0.25) is 5.91 Å². The summed E-state index contributed by atoms with van der Waals surface area (Å²) in [6, 6.07) is 7.90. The molecule has 0 bridgehead atoms. The van der Waals surface area contributed by atoms with Gasteiger partial charge in [-0.3, -0.25) is 25.1 Å². The van der Waals surface area contributed by atoms with Crippen molar-refractivity contribution in [3.8, 4) is 0 Å². The number of carbonyl (C=O) groups is 2. The number of amides is 2. The first-order valence-electron chi connectivity index (χ1n) is 8.95. The highest BCUT2D eigenvalue weighted by molar-refractivity contribution is 8.00. The van der Waals surface area contributed by atoms with Crippen molar-refractivity contribution in [3.63, 3.8) is 0 Å². The molecule has 0 atom stereocenters. The summed E-state index contributed by atoms with van der Waals surface area (Å²) in [5.41, 5.74) is 7.37. The normalized spacial score (nSPS) is 11.2. The molecule has 0 saturated heterocycles. The fourth-order valence-electron chi connectivity index (χ4n) is 2.37. The molecule has 2 amide bonds. The van der Waals surface area contributed by atoms with E-state index in [4.69, 9.17) is 11.6 Å². The van der Waals surface area contributed by atoms with Crippen molar-refractivity contribution < 1.29 is 9.59 Å².